The third-order valence-corrected chi connectivity index (χ3v) is 6.50. The molecule has 2 fully saturated rings. The molecule has 202 valence electrons. The number of carbonyl (C=O) groups is 2. The Labute approximate surface area is 227 Å². The fourth-order valence-electron chi connectivity index (χ4n) is 4.68. The molecule has 0 aliphatic carbocycles. The van der Waals surface area contributed by atoms with Gasteiger partial charge in [0.2, 0.25) is 5.91 Å². The molecule has 0 saturated carbocycles. The lowest BCUT2D eigenvalue weighted by atomic mass is 9.95. The molecule has 0 bridgehead atoms. The molecule has 2 heterocycles. The molecule has 0 spiro atoms. The minimum Gasteiger partial charge on any atom is -0.454 e. The van der Waals surface area contributed by atoms with Crippen molar-refractivity contribution in [1.29, 1.82) is 0 Å². The highest BCUT2D eigenvalue weighted by molar-refractivity contribution is 5.87. The lowest BCUT2D eigenvalue weighted by Gasteiger charge is -2.48. The van der Waals surface area contributed by atoms with Gasteiger partial charge < -0.3 is 29.0 Å². The van der Waals surface area contributed by atoms with Crippen molar-refractivity contribution in [3.63, 3.8) is 0 Å². The van der Waals surface area contributed by atoms with Crippen LogP contribution in [0.5, 0.6) is 0 Å². The van der Waals surface area contributed by atoms with Crippen molar-refractivity contribution in [2.45, 2.75) is 50.5 Å². The van der Waals surface area contributed by atoms with E-state index in [0.29, 0.717) is 0 Å². The molecule has 0 aromatic heterocycles. The van der Waals surface area contributed by atoms with Crippen LogP contribution in [0.2, 0.25) is 0 Å². The Morgan fingerprint density at radius 3 is 2.28 bits per heavy atom. The molecule has 0 radical (unpaired) electrons. The number of fused-ring (bicyclic) bond motifs is 1. The Kier molecular flexibility index (Phi) is 8.80. The maximum absolute atomic E-state index is 13.0. The van der Waals surface area contributed by atoms with Crippen LogP contribution in [0.3, 0.4) is 0 Å². The Balaban J connectivity index is 1.40. The van der Waals surface area contributed by atoms with Crippen LogP contribution in [0.1, 0.15) is 29.9 Å². The van der Waals surface area contributed by atoms with Crippen molar-refractivity contribution in [1.82, 2.24) is 5.32 Å². The number of hydrogen-bond donors (Lipinski definition) is 1. The zero-order valence-corrected chi connectivity index (χ0v) is 21.6. The largest absolute Gasteiger partial charge is 0.454 e. The average Bonchev–Trinajstić information content (AvgIpc) is 2.97. The summed E-state index contributed by atoms with van der Waals surface area (Å²) < 4.78 is 30.7. The first-order chi connectivity index (χ1) is 19.1. The number of ether oxygens (including phenoxy) is 5. The lowest BCUT2D eigenvalue weighted by molar-refractivity contribution is -0.346. The SMILES string of the molecule is CC(=O)N[C@H]1[C@H](OCc2ccccc2)O[C@H]2CO[C@H](c3ccccc3)O[C@@H]2[C@H]1OC(=O)/C=C/c1ccccc1. The van der Waals surface area contributed by atoms with Crippen LogP contribution in [0.15, 0.2) is 97.1 Å². The third kappa shape index (κ3) is 6.99. The first kappa shape index (κ1) is 26.8. The molecule has 3 aromatic carbocycles. The molecule has 3 aromatic rings. The highest BCUT2D eigenvalue weighted by Gasteiger charge is 2.52. The van der Waals surface area contributed by atoms with Crippen molar-refractivity contribution >= 4 is 18.0 Å². The molecule has 1 N–H and O–H groups in total. The second-order valence-electron chi connectivity index (χ2n) is 9.39. The van der Waals surface area contributed by atoms with Gasteiger partial charge in [0.15, 0.2) is 18.7 Å². The maximum atomic E-state index is 13.0. The van der Waals surface area contributed by atoms with Crippen LogP contribution in [0, 0.1) is 0 Å². The van der Waals surface area contributed by atoms with E-state index in [1.807, 2.05) is 91.0 Å². The molecule has 2 aliphatic heterocycles. The van der Waals surface area contributed by atoms with Gasteiger partial charge in [0.25, 0.3) is 0 Å². The summed E-state index contributed by atoms with van der Waals surface area (Å²) >= 11 is 0. The van der Waals surface area contributed by atoms with Gasteiger partial charge in [-0.2, -0.15) is 0 Å². The summed E-state index contributed by atoms with van der Waals surface area (Å²) in [6, 6.07) is 27.7. The molecule has 5 rings (SSSR count). The van der Waals surface area contributed by atoms with Gasteiger partial charge in [-0.1, -0.05) is 91.0 Å². The summed E-state index contributed by atoms with van der Waals surface area (Å²) in [5, 5.41) is 2.87. The molecular weight excluding hydrogens is 498 g/mol. The van der Waals surface area contributed by atoms with Gasteiger partial charge in [-0.15, -0.1) is 0 Å². The highest BCUT2D eigenvalue weighted by atomic mass is 16.8. The number of nitrogens with one attached hydrogen (secondary N) is 1. The van der Waals surface area contributed by atoms with Crippen LogP contribution in [-0.4, -0.2) is 49.1 Å². The fourth-order valence-corrected chi connectivity index (χ4v) is 4.68. The minimum atomic E-state index is -0.910. The zero-order valence-electron chi connectivity index (χ0n) is 21.6. The number of rotatable bonds is 8. The lowest BCUT2D eigenvalue weighted by Crippen LogP contribution is -2.67. The van der Waals surface area contributed by atoms with Gasteiger partial charge >= 0.3 is 5.97 Å². The fraction of sp³-hybridized carbons (Fsp3) is 0.290. The van der Waals surface area contributed by atoms with Gasteiger partial charge in [0.1, 0.15) is 18.2 Å². The number of hydrogen-bond acceptors (Lipinski definition) is 7. The van der Waals surface area contributed by atoms with Crippen molar-refractivity contribution in [2.75, 3.05) is 6.61 Å². The first-order valence-corrected chi connectivity index (χ1v) is 12.9. The van der Waals surface area contributed by atoms with Crippen LogP contribution in [0.25, 0.3) is 6.08 Å². The Morgan fingerprint density at radius 2 is 1.59 bits per heavy atom. The average molecular weight is 530 g/mol. The quantitative estimate of drug-likeness (QED) is 0.346. The van der Waals surface area contributed by atoms with E-state index >= 15 is 0 Å². The molecule has 8 heteroatoms. The van der Waals surface area contributed by atoms with Gasteiger partial charge in [0.05, 0.1) is 13.2 Å². The predicted octanol–water partition coefficient (Wildman–Crippen LogP) is 4.17. The smallest absolute Gasteiger partial charge is 0.331 e. The summed E-state index contributed by atoms with van der Waals surface area (Å²) in [4.78, 5) is 25.3. The van der Waals surface area contributed by atoms with E-state index in [1.165, 1.54) is 13.0 Å². The maximum Gasteiger partial charge on any atom is 0.331 e. The summed E-state index contributed by atoms with van der Waals surface area (Å²) in [6.45, 7) is 1.82. The van der Waals surface area contributed by atoms with Crippen LogP contribution in [0.4, 0.5) is 0 Å². The monoisotopic (exact) mass is 529 g/mol. The van der Waals surface area contributed by atoms with Crippen molar-refractivity contribution in [3.05, 3.63) is 114 Å². The van der Waals surface area contributed by atoms with Crippen molar-refractivity contribution in [3.8, 4) is 0 Å². The van der Waals surface area contributed by atoms with E-state index in [9.17, 15) is 9.59 Å². The molecule has 0 unspecified atom stereocenters. The molecule has 2 aliphatic rings. The van der Waals surface area contributed by atoms with E-state index < -0.39 is 42.9 Å². The Hall–Kier alpha value is -3.82. The van der Waals surface area contributed by atoms with E-state index in [1.54, 1.807) is 6.08 Å². The van der Waals surface area contributed by atoms with Crippen LogP contribution in [-0.2, 0) is 39.9 Å². The van der Waals surface area contributed by atoms with Gasteiger partial charge in [-0.25, -0.2) is 4.79 Å². The number of amides is 1. The zero-order chi connectivity index (χ0) is 27.0. The highest BCUT2D eigenvalue weighted by Crippen LogP contribution is 2.36. The Bertz CT molecular complexity index is 1250. The van der Waals surface area contributed by atoms with E-state index in [-0.39, 0.29) is 19.1 Å². The second kappa shape index (κ2) is 12.8. The molecule has 1 amide bonds. The number of esters is 1. The molecule has 2 saturated heterocycles. The molecule has 6 atom stereocenters. The van der Waals surface area contributed by atoms with E-state index in [4.69, 9.17) is 23.7 Å². The van der Waals surface area contributed by atoms with Crippen LogP contribution < -0.4 is 5.32 Å². The van der Waals surface area contributed by atoms with Crippen LogP contribution >= 0.6 is 0 Å². The predicted molar refractivity (Wildman–Crippen MR) is 143 cm³/mol. The number of benzene rings is 3. The summed E-state index contributed by atoms with van der Waals surface area (Å²) in [6.07, 6.45) is -0.773. The number of carbonyl (C=O) groups excluding carboxylic acids is 2. The van der Waals surface area contributed by atoms with Gasteiger partial charge in [-0.3, -0.25) is 4.79 Å². The van der Waals surface area contributed by atoms with Gasteiger partial charge in [-0.05, 0) is 17.2 Å². The Morgan fingerprint density at radius 1 is 0.923 bits per heavy atom. The normalized spacial score (nSPS) is 26.5. The molecular formula is C31H31NO7. The summed E-state index contributed by atoms with van der Waals surface area (Å²) in [5.74, 6) is -0.893. The van der Waals surface area contributed by atoms with Crippen molar-refractivity contribution in [2.24, 2.45) is 0 Å². The second-order valence-corrected chi connectivity index (χ2v) is 9.39. The van der Waals surface area contributed by atoms with E-state index in [0.717, 1.165) is 16.7 Å². The minimum absolute atomic E-state index is 0.191. The summed E-state index contributed by atoms with van der Waals surface area (Å²) in [5.41, 5.74) is 2.61. The molecule has 39 heavy (non-hydrogen) atoms. The first-order valence-electron chi connectivity index (χ1n) is 12.9. The van der Waals surface area contributed by atoms with Gasteiger partial charge in [0, 0.05) is 18.6 Å². The summed E-state index contributed by atoms with van der Waals surface area (Å²) in [7, 11) is 0. The third-order valence-electron chi connectivity index (χ3n) is 6.50. The van der Waals surface area contributed by atoms with E-state index in [2.05, 4.69) is 5.32 Å². The topological polar surface area (TPSA) is 92.3 Å². The standard InChI is InChI=1S/C31H31NO7/c1-21(33)32-27-29(38-26(34)18-17-22-11-5-2-6-12-22)28-25(20-36-30(39-28)24-15-9-4-10-16-24)37-31(27)35-19-23-13-7-3-8-14-23/h2-18,25,27-31H,19-20H2,1H3,(H,32,33)/b18-17+/t25-,27+,28-,29-,30-,31+/m0/s1. The van der Waals surface area contributed by atoms with Crippen molar-refractivity contribution < 1.29 is 33.3 Å². The molecule has 8 nitrogen and oxygen atoms in total.